The molecule has 0 saturated carbocycles. The number of aliphatic hydroxyl groups excluding tert-OH is 3. The fourth-order valence-corrected chi connectivity index (χ4v) is 5.25. The molecule has 0 spiro atoms. The van der Waals surface area contributed by atoms with Crippen LogP contribution in [0.4, 0.5) is 0 Å². The van der Waals surface area contributed by atoms with Crippen LogP contribution in [-0.2, 0) is 4.79 Å². The van der Waals surface area contributed by atoms with E-state index in [1.54, 1.807) is 6.08 Å². The van der Waals surface area contributed by atoms with Crippen LogP contribution in [0.25, 0.3) is 0 Å². The zero-order valence-electron chi connectivity index (χ0n) is 28.3. The highest BCUT2D eigenvalue weighted by Gasteiger charge is 2.22. The number of hydrogen-bond donors (Lipinski definition) is 4. The molecule has 1 amide bonds. The summed E-state index contributed by atoms with van der Waals surface area (Å²) in [5, 5.41) is 32.8. The van der Waals surface area contributed by atoms with Gasteiger partial charge in [0.15, 0.2) is 0 Å². The van der Waals surface area contributed by atoms with Crippen molar-refractivity contribution in [2.75, 3.05) is 6.61 Å². The Balaban J connectivity index is 3.81. The average molecular weight is 606 g/mol. The molecule has 0 aliphatic rings. The summed E-state index contributed by atoms with van der Waals surface area (Å²) in [5.41, 5.74) is 0. The van der Waals surface area contributed by atoms with Crippen molar-refractivity contribution in [2.45, 2.75) is 193 Å². The lowest BCUT2D eigenvalue weighted by atomic mass is 10.0. The Hall–Kier alpha value is -1.43. The maximum absolute atomic E-state index is 12.3. The quantitative estimate of drug-likeness (QED) is 0.0454. The molecule has 5 nitrogen and oxygen atoms in total. The first-order valence-electron chi connectivity index (χ1n) is 18.3. The van der Waals surface area contributed by atoms with Crippen LogP contribution in [0.15, 0.2) is 36.5 Å². The summed E-state index contributed by atoms with van der Waals surface area (Å²) < 4.78 is 0. The second-order valence-electron chi connectivity index (χ2n) is 12.4. The third-order valence-electron chi connectivity index (χ3n) is 8.20. The number of hydrogen-bond acceptors (Lipinski definition) is 4. The van der Waals surface area contributed by atoms with Crippen LogP contribution in [0.5, 0.6) is 0 Å². The van der Waals surface area contributed by atoms with E-state index in [2.05, 4.69) is 43.5 Å². The van der Waals surface area contributed by atoms with Crippen molar-refractivity contribution in [3.8, 4) is 0 Å². The van der Waals surface area contributed by atoms with Crippen molar-refractivity contribution in [3.05, 3.63) is 36.5 Å². The maximum atomic E-state index is 12.3. The summed E-state index contributed by atoms with van der Waals surface area (Å²) in [7, 11) is 0. The molecule has 0 aromatic carbocycles. The van der Waals surface area contributed by atoms with Gasteiger partial charge >= 0.3 is 0 Å². The molecule has 0 radical (unpaired) electrons. The first kappa shape index (κ1) is 41.6. The first-order valence-corrected chi connectivity index (χ1v) is 18.3. The standard InChI is InChI=1S/C38H71NO4/c1-3-5-7-9-11-13-15-16-17-18-19-20-21-23-24-26-28-30-32-36(41)35(34-40)39-38(43)37(42)33-31-29-27-25-22-14-12-10-8-6-4-2/h12,14,23-24,30,32,35-37,40-42H,3-11,13,15-22,25-29,31,33-34H2,1-2H3,(H,39,43)/b14-12-,24-23+,32-30+. The number of unbranched alkanes of at least 4 members (excludes halogenated alkanes) is 20. The SMILES string of the molecule is CCCCC/C=C\CCCCCCC(O)C(=O)NC(CO)C(O)/C=C/CC/C=C/CCCCCCCCCCCCCC. The molecule has 0 rings (SSSR count). The molecule has 0 aliphatic carbocycles. The van der Waals surface area contributed by atoms with Gasteiger partial charge in [-0.05, 0) is 57.8 Å². The summed E-state index contributed by atoms with van der Waals surface area (Å²) >= 11 is 0. The Morgan fingerprint density at radius 2 is 0.953 bits per heavy atom. The van der Waals surface area contributed by atoms with Gasteiger partial charge < -0.3 is 20.6 Å². The number of aliphatic hydroxyl groups is 3. The minimum Gasteiger partial charge on any atom is -0.394 e. The molecule has 0 aromatic rings. The van der Waals surface area contributed by atoms with Gasteiger partial charge in [-0.15, -0.1) is 0 Å². The van der Waals surface area contributed by atoms with Gasteiger partial charge in [0.05, 0.1) is 18.8 Å². The average Bonchev–Trinajstić information content (AvgIpc) is 3.01. The lowest BCUT2D eigenvalue weighted by Crippen LogP contribution is -2.48. The number of allylic oxidation sites excluding steroid dienone is 5. The summed E-state index contributed by atoms with van der Waals surface area (Å²) in [5.74, 6) is -0.526. The number of rotatable bonds is 32. The van der Waals surface area contributed by atoms with E-state index in [0.717, 1.165) is 51.4 Å². The van der Waals surface area contributed by atoms with E-state index in [9.17, 15) is 20.1 Å². The second-order valence-corrected chi connectivity index (χ2v) is 12.4. The molecule has 43 heavy (non-hydrogen) atoms. The van der Waals surface area contributed by atoms with Gasteiger partial charge in [0.2, 0.25) is 5.91 Å². The first-order chi connectivity index (χ1) is 21.1. The van der Waals surface area contributed by atoms with E-state index in [4.69, 9.17) is 0 Å². The molecule has 0 bridgehead atoms. The molecule has 4 N–H and O–H groups in total. The molecule has 3 atom stereocenters. The molecular formula is C38H71NO4. The van der Waals surface area contributed by atoms with Crippen LogP contribution in [0.2, 0.25) is 0 Å². The Bertz CT molecular complexity index is 675. The Kier molecular flexibility index (Phi) is 32.3. The van der Waals surface area contributed by atoms with E-state index in [-0.39, 0.29) is 6.61 Å². The number of carbonyl (C=O) groups is 1. The predicted molar refractivity (Wildman–Crippen MR) is 185 cm³/mol. The van der Waals surface area contributed by atoms with Crippen molar-refractivity contribution >= 4 is 5.91 Å². The summed E-state index contributed by atoms with van der Waals surface area (Å²) in [6.07, 6.45) is 40.2. The Morgan fingerprint density at radius 1 is 0.558 bits per heavy atom. The molecule has 0 fully saturated rings. The van der Waals surface area contributed by atoms with Crippen LogP contribution >= 0.6 is 0 Å². The highest BCUT2D eigenvalue weighted by Crippen LogP contribution is 2.13. The molecular weight excluding hydrogens is 534 g/mol. The predicted octanol–water partition coefficient (Wildman–Crippen LogP) is 9.65. The molecule has 0 saturated heterocycles. The van der Waals surface area contributed by atoms with Crippen molar-refractivity contribution in [1.82, 2.24) is 5.32 Å². The van der Waals surface area contributed by atoms with Gasteiger partial charge in [0, 0.05) is 0 Å². The summed E-state index contributed by atoms with van der Waals surface area (Å²) in [6.45, 7) is 4.11. The van der Waals surface area contributed by atoms with Gasteiger partial charge in [-0.1, -0.05) is 153 Å². The minimum atomic E-state index is -1.11. The molecule has 5 heteroatoms. The normalized spacial score (nSPS) is 14.3. The summed E-state index contributed by atoms with van der Waals surface area (Å²) in [4.78, 5) is 12.3. The molecule has 3 unspecified atom stereocenters. The minimum absolute atomic E-state index is 0.380. The maximum Gasteiger partial charge on any atom is 0.249 e. The highest BCUT2D eigenvalue weighted by atomic mass is 16.3. The number of carbonyl (C=O) groups excluding carboxylic acids is 1. The monoisotopic (exact) mass is 606 g/mol. The molecule has 252 valence electrons. The van der Waals surface area contributed by atoms with Crippen LogP contribution in [0, 0.1) is 0 Å². The van der Waals surface area contributed by atoms with Crippen molar-refractivity contribution in [2.24, 2.45) is 0 Å². The lowest BCUT2D eigenvalue weighted by Gasteiger charge is -2.21. The van der Waals surface area contributed by atoms with Crippen molar-refractivity contribution in [3.63, 3.8) is 0 Å². The van der Waals surface area contributed by atoms with Crippen LogP contribution in [0.3, 0.4) is 0 Å². The fourth-order valence-electron chi connectivity index (χ4n) is 5.25. The largest absolute Gasteiger partial charge is 0.394 e. The molecule has 0 aromatic heterocycles. The molecule has 0 aliphatic heterocycles. The van der Waals surface area contributed by atoms with Gasteiger partial charge in [0.25, 0.3) is 0 Å². The van der Waals surface area contributed by atoms with E-state index >= 15 is 0 Å². The van der Waals surface area contributed by atoms with Gasteiger partial charge in [-0.25, -0.2) is 0 Å². The number of amides is 1. The van der Waals surface area contributed by atoms with E-state index in [0.29, 0.717) is 6.42 Å². The zero-order valence-corrected chi connectivity index (χ0v) is 28.3. The van der Waals surface area contributed by atoms with E-state index < -0.39 is 24.2 Å². The van der Waals surface area contributed by atoms with Gasteiger partial charge in [-0.2, -0.15) is 0 Å². The van der Waals surface area contributed by atoms with E-state index in [1.807, 2.05) is 6.08 Å². The lowest BCUT2D eigenvalue weighted by molar-refractivity contribution is -0.131. The highest BCUT2D eigenvalue weighted by molar-refractivity contribution is 5.80. The van der Waals surface area contributed by atoms with Crippen molar-refractivity contribution in [1.29, 1.82) is 0 Å². The van der Waals surface area contributed by atoms with Crippen LogP contribution < -0.4 is 5.32 Å². The molecule has 0 heterocycles. The Morgan fingerprint density at radius 3 is 1.47 bits per heavy atom. The third kappa shape index (κ3) is 29.1. The second kappa shape index (κ2) is 33.5. The fraction of sp³-hybridized carbons (Fsp3) is 0.816. The zero-order chi connectivity index (χ0) is 31.6. The summed E-state index contributed by atoms with van der Waals surface area (Å²) in [6, 6.07) is -0.816. The Labute approximate surface area is 266 Å². The van der Waals surface area contributed by atoms with Gasteiger partial charge in [0.1, 0.15) is 6.10 Å². The van der Waals surface area contributed by atoms with E-state index in [1.165, 1.54) is 103 Å². The smallest absolute Gasteiger partial charge is 0.249 e. The number of nitrogens with one attached hydrogen (secondary N) is 1. The van der Waals surface area contributed by atoms with Crippen LogP contribution in [-0.4, -0.2) is 46.1 Å². The van der Waals surface area contributed by atoms with Crippen molar-refractivity contribution < 1.29 is 20.1 Å². The topological polar surface area (TPSA) is 89.8 Å². The van der Waals surface area contributed by atoms with Crippen LogP contribution in [0.1, 0.15) is 174 Å². The third-order valence-corrected chi connectivity index (χ3v) is 8.20. The van der Waals surface area contributed by atoms with Gasteiger partial charge in [-0.3, -0.25) is 4.79 Å².